The summed E-state index contributed by atoms with van der Waals surface area (Å²) in [6.45, 7) is 3.87. The van der Waals surface area contributed by atoms with Crippen molar-refractivity contribution in [2.45, 2.75) is 29.0 Å². The average molecular weight is 201 g/mol. The van der Waals surface area contributed by atoms with Crippen LogP contribution in [0.5, 0.6) is 0 Å². The van der Waals surface area contributed by atoms with E-state index in [-0.39, 0.29) is 22.0 Å². The Morgan fingerprint density at radius 1 is 1.00 bits per heavy atom. The zero-order valence-electron chi connectivity index (χ0n) is 5.56. The van der Waals surface area contributed by atoms with Gasteiger partial charge in [0.25, 0.3) is 0 Å². The summed E-state index contributed by atoms with van der Waals surface area (Å²) in [5.74, 6) is 0.151. The third-order valence-electron chi connectivity index (χ3n) is 1.89. The van der Waals surface area contributed by atoms with E-state index in [2.05, 4.69) is 6.92 Å². The maximum Gasteiger partial charge on any atom is 0.0392 e. The van der Waals surface area contributed by atoms with Gasteiger partial charge in [0, 0.05) is 16.1 Å². The van der Waals surface area contributed by atoms with E-state index in [9.17, 15) is 0 Å². The zero-order chi connectivity index (χ0) is 7.72. The summed E-state index contributed by atoms with van der Waals surface area (Å²) < 4.78 is 0. The molecule has 59 valence electrons. The van der Waals surface area contributed by atoms with Crippen LogP contribution in [0.2, 0.25) is 0 Å². The van der Waals surface area contributed by atoms with Crippen LogP contribution in [-0.4, -0.2) is 16.1 Å². The maximum absolute atomic E-state index is 5.93. The Morgan fingerprint density at radius 2 is 1.40 bits per heavy atom. The first-order valence-electron chi connectivity index (χ1n) is 3.36. The number of rotatable bonds is 0. The van der Waals surface area contributed by atoms with E-state index < -0.39 is 0 Å². The lowest BCUT2D eigenvalue weighted by Crippen LogP contribution is -2.32. The summed E-state index contributed by atoms with van der Waals surface area (Å²) in [6, 6.07) is 0. The van der Waals surface area contributed by atoms with Gasteiger partial charge in [0.05, 0.1) is 0 Å². The molecule has 0 aliphatic heterocycles. The number of alkyl halides is 3. The van der Waals surface area contributed by atoms with Gasteiger partial charge in [-0.1, -0.05) is 0 Å². The Balaban J connectivity index is 2.49. The van der Waals surface area contributed by atoms with Crippen LogP contribution in [0.1, 0.15) is 12.8 Å². The van der Waals surface area contributed by atoms with Gasteiger partial charge in [-0.3, -0.25) is 0 Å². The van der Waals surface area contributed by atoms with Crippen LogP contribution in [0.25, 0.3) is 0 Å². The fraction of sp³-hybridized carbons (Fsp3) is 0.857. The topological polar surface area (TPSA) is 0 Å². The molecule has 1 saturated carbocycles. The molecule has 2 unspecified atom stereocenters. The highest BCUT2D eigenvalue weighted by atomic mass is 35.5. The first-order chi connectivity index (χ1) is 4.61. The smallest absolute Gasteiger partial charge is 0.0392 e. The molecule has 0 spiro atoms. The van der Waals surface area contributed by atoms with Crippen LogP contribution in [0.4, 0.5) is 0 Å². The van der Waals surface area contributed by atoms with E-state index in [0.717, 1.165) is 12.8 Å². The molecular weight excluding hydrogens is 190 g/mol. The molecule has 0 aromatic heterocycles. The van der Waals surface area contributed by atoms with Gasteiger partial charge in [-0.05, 0) is 25.7 Å². The van der Waals surface area contributed by atoms with Crippen LogP contribution < -0.4 is 0 Å². The molecule has 1 aliphatic carbocycles. The quantitative estimate of drug-likeness (QED) is 0.527. The third-order valence-corrected chi connectivity index (χ3v) is 3.25. The fourth-order valence-electron chi connectivity index (χ4n) is 1.16. The molecule has 0 bridgehead atoms. The Labute approximate surface area is 76.8 Å². The second kappa shape index (κ2) is 3.51. The van der Waals surface area contributed by atoms with E-state index in [1.54, 1.807) is 0 Å². The van der Waals surface area contributed by atoms with Gasteiger partial charge in [-0.25, -0.2) is 0 Å². The molecule has 2 atom stereocenters. The Hall–Kier alpha value is 0.870. The molecular formula is C7H10Cl3. The van der Waals surface area contributed by atoms with Crippen LogP contribution in [0.3, 0.4) is 0 Å². The average Bonchev–Trinajstić information content (AvgIpc) is 1.82. The molecule has 1 aliphatic rings. The number of halogens is 3. The van der Waals surface area contributed by atoms with E-state index in [0.29, 0.717) is 0 Å². The first kappa shape index (κ1) is 8.96. The highest BCUT2D eigenvalue weighted by Crippen LogP contribution is 2.34. The molecule has 0 heterocycles. The summed E-state index contributed by atoms with van der Waals surface area (Å²) >= 11 is 17.7. The van der Waals surface area contributed by atoms with Crippen molar-refractivity contribution in [3.63, 3.8) is 0 Å². The zero-order valence-corrected chi connectivity index (χ0v) is 7.83. The van der Waals surface area contributed by atoms with Crippen molar-refractivity contribution in [1.29, 1.82) is 0 Å². The summed E-state index contributed by atoms with van der Waals surface area (Å²) in [7, 11) is 0. The van der Waals surface area contributed by atoms with Gasteiger partial charge < -0.3 is 0 Å². The Kier molecular flexibility index (Phi) is 3.15. The van der Waals surface area contributed by atoms with Crippen molar-refractivity contribution < 1.29 is 0 Å². The second-order valence-corrected chi connectivity index (χ2v) is 4.50. The first-order valence-corrected chi connectivity index (χ1v) is 4.67. The second-order valence-electron chi connectivity index (χ2n) is 2.76. The van der Waals surface area contributed by atoms with Crippen molar-refractivity contribution >= 4 is 34.8 Å². The van der Waals surface area contributed by atoms with Crippen LogP contribution >= 0.6 is 34.8 Å². The predicted octanol–water partition coefficient (Wildman–Crippen LogP) is 3.05. The monoisotopic (exact) mass is 199 g/mol. The normalized spacial score (nSPS) is 49.2. The lowest BCUT2D eigenvalue weighted by Gasteiger charge is -2.31. The summed E-state index contributed by atoms with van der Waals surface area (Å²) in [4.78, 5) is 0. The lowest BCUT2D eigenvalue weighted by atomic mass is 9.89. The van der Waals surface area contributed by atoms with Gasteiger partial charge in [-0.2, -0.15) is 0 Å². The predicted molar refractivity (Wildman–Crippen MR) is 47.0 cm³/mol. The van der Waals surface area contributed by atoms with Gasteiger partial charge >= 0.3 is 0 Å². The standard InChI is InChI=1S/C7H10Cl3/c1-4-6(9)2-5(8)3-7(4)10/h4-7H,1-3H2. The minimum absolute atomic E-state index is 0.0544. The summed E-state index contributed by atoms with van der Waals surface area (Å²) in [6.07, 6.45) is 1.67. The third kappa shape index (κ3) is 1.93. The van der Waals surface area contributed by atoms with Crippen LogP contribution in [-0.2, 0) is 0 Å². The van der Waals surface area contributed by atoms with Gasteiger partial charge in [0.2, 0.25) is 0 Å². The highest BCUT2D eigenvalue weighted by molar-refractivity contribution is 6.27. The van der Waals surface area contributed by atoms with Crippen molar-refractivity contribution in [3.8, 4) is 0 Å². The van der Waals surface area contributed by atoms with Crippen LogP contribution in [0, 0.1) is 12.8 Å². The molecule has 0 amide bonds. The summed E-state index contributed by atoms with van der Waals surface area (Å²) in [5, 5.41) is 0.250. The van der Waals surface area contributed by atoms with Crippen molar-refractivity contribution in [1.82, 2.24) is 0 Å². The molecule has 0 aromatic carbocycles. The molecule has 3 heteroatoms. The number of hydrogen-bond donors (Lipinski definition) is 0. The molecule has 0 N–H and O–H groups in total. The fourth-order valence-corrected chi connectivity index (χ4v) is 2.58. The SMILES string of the molecule is [CH2]C1C(Cl)CC(Cl)CC1Cl. The van der Waals surface area contributed by atoms with Crippen molar-refractivity contribution in [2.24, 2.45) is 5.92 Å². The van der Waals surface area contributed by atoms with E-state index in [4.69, 9.17) is 34.8 Å². The minimum atomic E-state index is 0.0544. The molecule has 1 rings (SSSR count). The molecule has 10 heavy (non-hydrogen) atoms. The van der Waals surface area contributed by atoms with Gasteiger partial charge in [-0.15, -0.1) is 34.8 Å². The number of hydrogen-bond acceptors (Lipinski definition) is 0. The summed E-state index contributed by atoms with van der Waals surface area (Å²) in [5.41, 5.74) is 0. The molecule has 1 fully saturated rings. The molecule has 0 aromatic rings. The van der Waals surface area contributed by atoms with Crippen molar-refractivity contribution in [2.75, 3.05) is 0 Å². The van der Waals surface area contributed by atoms with E-state index in [1.807, 2.05) is 0 Å². The highest BCUT2D eigenvalue weighted by Gasteiger charge is 2.31. The Bertz CT molecular complexity index is 103. The molecule has 0 nitrogen and oxygen atoms in total. The van der Waals surface area contributed by atoms with Crippen molar-refractivity contribution in [3.05, 3.63) is 6.92 Å². The van der Waals surface area contributed by atoms with E-state index >= 15 is 0 Å². The van der Waals surface area contributed by atoms with Gasteiger partial charge in [0.15, 0.2) is 0 Å². The molecule has 1 radical (unpaired) electrons. The largest absolute Gasteiger partial charge is 0.123 e. The lowest BCUT2D eigenvalue weighted by molar-refractivity contribution is 0.437. The molecule has 0 saturated heterocycles. The van der Waals surface area contributed by atoms with Crippen LogP contribution in [0.15, 0.2) is 0 Å². The van der Waals surface area contributed by atoms with Gasteiger partial charge in [0.1, 0.15) is 0 Å². The minimum Gasteiger partial charge on any atom is -0.123 e. The Morgan fingerprint density at radius 3 is 1.80 bits per heavy atom. The van der Waals surface area contributed by atoms with E-state index in [1.165, 1.54) is 0 Å². The maximum atomic E-state index is 5.93.